The van der Waals surface area contributed by atoms with E-state index in [9.17, 15) is 27.6 Å². The number of nitrogens with zero attached hydrogens (tertiary/aromatic N) is 2. The fourth-order valence-corrected chi connectivity index (χ4v) is 6.04. The van der Waals surface area contributed by atoms with Crippen molar-refractivity contribution >= 4 is 44.3 Å². The number of ether oxygens (including phenoxy) is 1. The Morgan fingerprint density at radius 2 is 1.73 bits per heavy atom. The smallest absolute Gasteiger partial charge is 0.306 e. The van der Waals surface area contributed by atoms with Gasteiger partial charge in [-0.05, 0) is 30.4 Å². The molecule has 33 heavy (non-hydrogen) atoms. The van der Waals surface area contributed by atoms with E-state index in [4.69, 9.17) is 4.74 Å². The topological polar surface area (TPSA) is 118 Å². The third kappa shape index (κ3) is 4.61. The molecule has 2 aromatic carbocycles. The minimum atomic E-state index is -3.13. The van der Waals surface area contributed by atoms with Crippen molar-refractivity contribution in [1.29, 1.82) is 0 Å². The molecule has 2 aliphatic rings. The lowest BCUT2D eigenvalue weighted by Gasteiger charge is -2.27. The summed E-state index contributed by atoms with van der Waals surface area (Å²) in [5.74, 6) is -1.95. The molecule has 0 radical (unpaired) electrons. The Kier molecular flexibility index (Phi) is 6.20. The van der Waals surface area contributed by atoms with Crippen molar-refractivity contribution in [2.45, 2.75) is 25.3 Å². The first kappa shape index (κ1) is 22.9. The predicted molar refractivity (Wildman–Crippen MR) is 119 cm³/mol. The van der Waals surface area contributed by atoms with E-state index in [2.05, 4.69) is 0 Å². The van der Waals surface area contributed by atoms with Crippen molar-refractivity contribution in [3.8, 4) is 0 Å². The van der Waals surface area contributed by atoms with Crippen LogP contribution in [0.1, 0.15) is 40.0 Å². The first-order valence-corrected chi connectivity index (χ1v) is 12.5. The van der Waals surface area contributed by atoms with E-state index in [1.165, 1.54) is 11.9 Å². The average molecular weight is 473 g/mol. The Hall–Kier alpha value is -3.27. The van der Waals surface area contributed by atoms with Gasteiger partial charge < -0.3 is 9.64 Å². The first-order chi connectivity index (χ1) is 15.7. The minimum absolute atomic E-state index is 0.0436. The Balaban J connectivity index is 1.28. The fourth-order valence-electron chi connectivity index (χ4n) is 4.27. The first-order valence-electron chi connectivity index (χ1n) is 10.7. The number of imide groups is 1. The van der Waals surface area contributed by atoms with Gasteiger partial charge in [0.25, 0.3) is 17.7 Å². The Labute approximate surface area is 191 Å². The van der Waals surface area contributed by atoms with Gasteiger partial charge in [0.2, 0.25) is 0 Å². The molecule has 0 aliphatic carbocycles. The lowest BCUT2D eigenvalue weighted by Crippen LogP contribution is -2.41. The van der Waals surface area contributed by atoms with Gasteiger partial charge in [0.1, 0.15) is 0 Å². The molecule has 2 heterocycles. The number of hydrogen-bond acceptors (Lipinski definition) is 7. The van der Waals surface area contributed by atoms with Crippen LogP contribution in [-0.4, -0.2) is 79.7 Å². The van der Waals surface area contributed by atoms with Gasteiger partial charge in [0.15, 0.2) is 16.4 Å². The van der Waals surface area contributed by atoms with E-state index >= 15 is 0 Å². The second-order valence-corrected chi connectivity index (χ2v) is 10.5. The number of carbonyl (C=O) groups is 4. The number of sulfone groups is 1. The molecule has 4 rings (SSSR count). The molecule has 9 nitrogen and oxygen atoms in total. The Bertz CT molecular complexity index is 1200. The molecule has 2 aliphatic heterocycles. The van der Waals surface area contributed by atoms with Crippen molar-refractivity contribution in [2.24, 2.45) is 0 Å². The maximum absolute atomic E-state index is 12.8. The molecule has 3 amide bonds. The predicted octanol–water partition coefficient (Wildman–Crippen LogP) is 1.40. The van der Waals surface area contributed by atoms with Gasteiger partial charge in [0.05, 0.1) is 11.5 Å². The number of carbonyl (C=O) groups excluding carboxylic acids is 4. The molecule has 0 aromatic heterocycles. The molecular weight excluding hydrogens is 448 g/mol. The molecule has 0 saturated carbocycles. The average Bonchev–Trinajstić information content (AvgIpc) is 3.16. The maximum atomic E-state index is 12.8. The molecule has 0 bridgehead atoms. The van der Waals surface area contributed by atoms with E-state index in [1.807, 2.05) is 12.1 Å². The van der Waals surface area contributed by atoms with E-state index < -0.39 is 46.2 Å². The highest BCUT2D eigenvalue weighted by Crippen LogP contribution is 2.30. The van der Waals surface area contributed by atoms with Crippen LogP contribution in [0.2, 0.25) is 0 Å². The van der Waals surface area contributed by atoms with Crippen molar-refractivity contribution in [3.05, 3.63) is 47.5 Å². The van der Waals surface area contributed by atoms with Gasteiger partial charge in [-0.1, -0.05) is 24.3 Å². The van der Waals surface area contributed by atoms with Crippen molar-refractivity contribution in [1.82, 2.24) is 9.80 Å². The monoisotopic (exact) mass is 472 g/mol. The zero-order valence-corrected chi connectivity index (χ0v) is 19.0. The number of esters is 1. The quantitative estimate of drug-likeness (QED) is 0.442. The van der Waals surface area contributed by atoms with Gasteiger partial charge in [-0.3, -0.25) is 24.1 Å². The van der Waals surface area contributed by atoms with Crippen molar-refractivity contribution < 1.29 is 32.3 Å². The van der Waals surface area contributed by atoms with Crippen LogP contribution >= 0.6 is 0 Å². The minimum Gasteiger partial charge on any atom is -0.456 e. The Morgan fingerprint density at radius 1 is 1.09 bits per heavy atom. The van der Waals surface area contributed by atoms with Gasteiger partial charge in [-0.15, -0.1) is 0 Å². The van der Waals surface area contributed by atoms with Gasteiger partial charge in [0, 0.05) is 42.6 Å². The molecule has 174 valence electrons. The summed E-state index contributed by atoms with van der Waals surface area (Å²) in [6, 6.07) is 10.2. The summed E-state index contributed by atoms with van der Waals surface area (Å²) in [4.78, 5) is 52.4. The maximum Gasteiger partial charge on any atom is 0.306 e. The lowest BCUT2D eigenvalue weighted by atomic mass is 9.94. The molecule has 2 aromatic rings. The van der Waals surface area contributed by atoms with E-state index in [0.717, 1.165) is 10.3 Å². The molecule has 1 saturated heterocycles. The molecular formula is C23H24N2O7S. The van der Waals surface area contributed by atoms with E-state index in [1.54, 1.807) is 24.3 Å². The van der Waals surface area contributed by atoms with Gasteiger partial charge in [-0.25, -0.2) is 8.42 Å². The normalized spacial score (nSPS) is 19.1. The highest BCUT2D eigenvalue weighted by atomic mass is 32.2. The fraction of sp³-hybridized carbons (Fsp3) is 0.391. The van der Waals surface area contributed by atoms with Crippen LogP contribution in [-0.2, 0) is 24.2 Å². The summed E-state index contributed by atoms with van der Waals surface area (Å²) < 4.78 is 28.2. The van der Waals surface area contributed by atoms with Crippen LogP contribution < -0.4 is 0 Å². The van der Waals surface area contributed by atoms with Crippen LogP contribution in [0.15, 0.2) is 36.4 Å². The highest BCUT2D eigenvalue weighted by Gasteiger charge is 2.34. The largest absolute Gasteiger partial charge is 0.456 e. The molecule has 0 unspecified atom stereocenters. The SMILES string of the molecule is CN(C(=O)COC(=O)CCCN1C(=O)c2cccc3cccc(c23)C1=O)[C@H]1CCS(=O)(=O)C1. The standard InChI is InChI=1S/C23H24N2O7S/c1-24(16-10-12-33(30,31)14-16)19(26)13-32-20(27)9-4-11-25-22(28)17-7-2-5-15-6-3-8-18(21(15)17)23(25)29/h2-3,5-8,16H,4,9-14H2,1H3/t16-/m0/s1. The van der Waals surface area contributed by atoms with Crippen molar-refractivity contribution in [2.75, 3.05) is 31.7 Å². The number of amides is 3. The van der Waals surface area contributed by atoms with Crippen LogP contribution in [0.25, 0.3) is 10.8 Å². The summed E-state index contributed by atoms with van der Waals surface area (Å²) in [6.07, 6.45) is 0.490. The third-order valence-electron chi connectivity index (χ3n) is 6.12. The lowest BCUT2D eigenvalue weighted by molar-refractivity contribution is -0.152. The number of rotatable bonds is 7. The molecule has 0 spiro atoms. The summed E-state index contributed by atoms with van der Waals surface area (Å²) in [5.41, 5.74) is 0.903. The number of hydrogen-bond donors (Lipinski definition) is 0. The summed E-state index contributed by atoms with van der Waals surface area (Å²) in [5, 5.41) is 1.46. The van der Waals surface area contributed by atoms with Crippen LogP contribution in [0.3, 0.4) is 0 Å². The number of benzene rings is 2. The molecule has 10 heteroatoms. The zero-order valence-electron chi connectivity index (χ0n) is 18.2. The zero-order chi connectivity index (χ0) is 23.8. The molecule has 0 N–H and O–H groups in total. The summed E-state index contributed by atoms with van der Waals surface area (Å²) in [7, 11) is -1.64. The third-order valence-corrected chi connectivity index (χ3v) is 7.87. The van der Waals surface area contributed by atoms with E-state index in [0.29, 0.717) is 22.9 Å². The highest BCUT2D eigenvalue weighted by molar-refractivity contribution is 7.91. The second kappa shape index (κ2) is 8.93. The van der Waals surface area contributed by atoms with Crippen molar-refractivity contribution in [3.63, 3.8) is 0 Å². The van der Waals surface area contributed by atoms with E-state index in [-0.39, 0.29) is 30.9 Å². The summed E-state index contributed by atoms with van der Waals surface area (Å²) >= 11 is 0. The van der Waals surface area contributed by atoms with Crippen LogP contribution in [0.4, 0.5) is 0 Å². The van der Waals surface area contributed by atoms with Gasteiger partial charge in [-0.2, -0.15) is 0 Å². The summed E-state index contributed by atoms with van der Waals surface area (Å²) in [6.45, 7) is -0.436. The molecule has 1 fully saturated rings. The Morgan fingerprint density at radius 3 is 2.30 bits per heavy atom. The van der Waals surface area contributed by atoms with Crippen LogP contribution in [0, 0.1) is 0 Å². The van der Waals surface area contributed by atoms with Crippen LogP contribution in [0.5, 0.6) is 0 Å². The second-order valence-electron chi connectivity index (χ2n) is 8.30. The van der Waals surface area contributed by atoms with Gasteiger partial charge >= 0.3 is 5.97 Å². The number of likely N-dealkylation sites (N-methyl/N-ethyl adjacent to an activating group) is 1. The molecule has 1 atom stereocenters.